The number of benzene rings is 2. The quantitative estimate of drug-likeness (QED) is 0.639. The SMILES string of the molecule is CCCOc1c(Cl)cc(Cl)cc1CNc1ccc(Br)cc1. The van der Waals surface area contributed by atoms with Gasteiger partial charge in [0.1, 0.15) is 5.75 Å². The first-order chi connectivity index (χ1) is 10.1. The Balaban J connectivity index is 2.15. The monoisotopic (exact) mass is 387 g/mol. The Hall–Kier alpha value is -0.900. The molecule has 0 aliphatic heterocycles. The molecule has 0 atom stereocenters. The van der Waals surface area contributed by atoms with E-state index in [4.69, 9.17) is 27.9 Å². The van der Waals surface area contributed by atoms with Crippen molar-refractivity contribution in [1.82, 2.24) is 0 Å². The summed E-state index contributed by atoms with van der Waals surface area (Å²) in [5.41, 5.74) is 1.97. The maximum absolute atomic E-state index is 6.23. The van der Waals surface area contributed by atoms with E-state index in [0.717, 1.165) is 22.1 Å². The molecule has 112 valence electrons. The Kier molecular flexibility index (Phi) is 6.22. The van der Waals surface area contributed by atoms with Crippen LogP contribution in [0.3, 0.4) is 0 Å². The largest absolute Gasteiger partial charge is 0.492 e. The van der Waals surface area contributed by atoms with Crippen LogP contribution in [0.5, 0.6) is 5.75 Å². The number of anilines is 1. The number of ether oxygens (including phenoxy) is 1. The topological polar surface area (TPSA) is 21.3 Å². The normalized spacial score (nSPS) is 10.5. The molecule has 0 heterocycles. The van der Waals surface area contributed by atoms with Crippen molar-refractivity contribution in [3.63, 3.8) is 0 Å². The first-order valence-electron chi connectivity index (χ1n) is 6.70. The lowest BCUT2D eigenvalue weighted by Crippen LogP contribution is -2.05. The zero-order valence-electron chi connectivity index (χ0n) is 11.6. The average Bonchev–Trinajstić information content (AvgIpc) is 2.45. The third-order valence-electron chi connectivity index (χ3n) is 2.86. The maximum atomic E-state index is 6.23. The molecule has 2 nitrogen and oxygen atoms in total. The van der Waals surface area contributed by atoms with Gasteiger partial charge in [0, 0.05) is 27.3 Å². The number of nitrogens with one attached hydrogen (secondary N) is 1. The molecule has 2 rings (SSSR count). The van der Waals surface area contributed by atoms with Crippen LogP contribution >= 0.6 is 39.1 Å². The molecule has 0 unspecified atom stereocenters. The van der Waals surface area contributed by atoms with Gasteiger partial charge in [0.2, 0.25) is 0 Å². The van der Waals surface area contributed by atoms with E-state index >= 15 is 0 Å². The van der Waals surface area contributed by atoms with Crippen LogP contribution in [-0.4, -0.2) is 6.61 Å². The molecule has 2 aromatic rings. The number of hydrogen-bond acceptors (Lipinski definition) is 2. The molecule has 0 aromatic heterocycles. The van der Waals surface area contributed by atoms with Crippen molar-refractivity contribution in [1.29, 1.82) is 0 Å². The van der Waals surface area contributed by atoms with Gasteiger partial charge in [0.25, 0.3) is 0 Å². The van der Waals surface area contributed by atoms with Gasteiger partial charge in [-0.1, -0.05) is 46.1 Å². The van der Waals surface area contributed by atoms with Gasteiger partial charge >= 0.3 is 0 Å². The highest BCUT2D eigenvalue weighted by atomic mass is 79.9. The lowest BCUT2D eigenvalue weighted by atomic mass is 10.2. The summed E-state index contributed by atoms with van der Waals surface area (Å²) in [5.74, 6) is 0.701. The van der Waals surface area contributed by atoms with E-state index in [1.807, 2.05) is 30.3 Å². The Morgan fingerprint density at radius 3 is 2.52 bits per heavy atom. The van der Waals surface area contributed by atoms with Gasteiger partial charge in [-0.15, -0.1) is 0 Å². The van der Waals surface area contributed by atoms with Crippen LogP contribution in [0.25, 0.3) is 0 Å². The van der Waals surface area contributed by atoms with Gasteiger partial charge in [-0.2, -0.15) is 0 Å². The van der Waals surface area contributed by atoms with Crippen LogP contribution in [0.4, 0.5) is 5.69 Å². The number of rotatable bonds is 6. The average molecular weight is 389 g/mol. The fourth-order valence-electron chi connectivity index (χ4n) is 1.88. The van der Waals surface area contributed by atoms with Gasteiger partial charge in [-0.3, -0.25) is 0 Å². The minimum atomic E-state index is 0.545. The zero-order chi connectivity index (χ0) is 15.2. The van der Waals surface area contributed by atoms with Crippen molar-refractivity contribution in [3.05, 3.63) is 56.5 Å². The summed E-state index contributed by atoms with van der Waals surface area (Å²) >= 11 is 15.7. The standard InChI is InChI=1S/C16H16BrCl2NO/c1-2-7-21-16-11(8-13(18)9-15(16)19)10-20-14-5-3-12(17)4-6-14/h3-6,8-9,20H,2,7,10H2,1H3. The lowest BCUT2D eigenvalue weighted by molar-refractivity contribution is 0.314. The zero-order valence-corrected chi connectivity index (χ0v) is 14.7. The van der Waals surface area contributed by atoms with Crippen LogP contribution in [0.1, 0.15) is 18.9 Å². The van der Waals surface area contributed by atoms with Gasteiger partial charge < -0.3 is 10.1 Å². The molecule has 0 spiro atoms. The smallest absolute Gasteiger partial charge is 0.142 e. The van der Waals surface area contributed by atoms with E-state index in [2.05, 4.69) is 28.2 Å². The lowest BCUT2D eigenvalue weighted by Gasteiger charge is -2.14. The third-order valence-corrected chi connectivity index (χ3v) is 3.89. The molecule has 2 aromatic carbocycles. The van der Waals surface area contributed by atoms with Crippen LogP contribution in [0.2, 0.25) is 10.0 Å². The Morgan fingerprint density at radius 2 is 1.86 bits per heavy atom. The molecular formula is C16H16BrCl2NO. The molecule has 0 radical (unpaired) electrons. The van der Waals surface area contributed by atoms with Crippen LogP contribution in [-0.2, 0) is 6.54 Å². The third kappa shape index (κ3) is 4.80. The first-order valence-corrected chi connectivity index (χ1v) is 8.25. The second kappa shape index (κ2) is 7.92. The molecular weight excluding hydrogens is 373 g/mol. The Morgan fingerprint density at radius 1 is 1.14 bits per heavy atom. The Bertz CT molecular complexity index is 602. The fourth-order valence-corrected chi connectivity index (χ4v) is 2.73. The minimum Gasteiger partial charge on any atom is -0.492 e. The van der Waals surface area contributed by atoms with E-state index in [1.54, 1.807) is 6.07 Å². The molecule has 5 heteroatoms. The van der Waals surface area contributed by atoms with Gasteiger partial charge in [-0.25, -0.2) is 0 Å². The predicted molar refractivity (Wildman–Crippen MR) is 93.7 cm³/mol. The molecule has 0 saturated carbocycles. The van der Waals surface area contributed by atoms with E-state index < -0.39 is 0 Å². The number of halogens is 3. The van der Waals surface area contributed by atoms with Crippen molar-refractivity contribution in [2.45, 2.75) is 19.9 Å². The molecule has 0 bridgehead atoms. The van der Waals surface area contributed by atoms with Crippen LogP contribution in [0.15, 0.2) is 40.9 Å². The summed E-state index contributed by atoms with van der Waals surface area (Å²) in [6.45, 7) is 3.29. The summed E-state index contributed by atoms with van der Waals surface area (Å²) in [5, 5.41) is 4.49. The fraction of sp³-hybridized carbons (Fsp3) is 0.250. The highest BCUT2D eigenvalue weighted by Gasteiger charge is 2.10. The van der Waals surface area contributed by atoms with Crippen molar-refractivity contribution in [2.24, 2.45) is 0 Å². The van der Waals surface area contributed by atoms with Crippen molar-refractivity contribution in [3.8, 4) is 5.75 Å². The van der Waals surface area contributed by atoms with E-state index in [-0.39, 0.29) is 0 Å². The van der Waals surface area contributed by atoms with E-state index in [1.165, 1.54) is 0 Å². The van der Waals surface area contributed by atoms with Crippen molar-refractivity contribution in [2.75, 3.05) is 11.9 Å². The highest BCUT2D eigenvalue weighted by Crippen LogP contribution is 2.33. The second-order valence-electron chi connectivity index (χ2n) is 4.58. The maximum Gasteiger partial charge on any atom is 0.142 e. The van der Waals surface area contributed by atoms with Crippen molar-refractivity contribution < 1.29 is 4.74 Å². The van der Waals surface area contributed by atoms with Gasteiger partial charge in [0.05, 0.1) is 11.6 Å². The minimum absolute atomic E-state index is 0.545. The summed E-state index contributed by atoms with van der Waals surface area (Å²) < 4.78 is 6.79. The van der Waals surface area contributed by atoms with Crippen molar-refractivity contribution >= 4 is 44.8 Å². The van der Waals surface area contributed by atoms with E-state index in [9.17, 15) is 0 Å². The summed E-state index contributed by atoms with van der Waals surface area (Å²) in [7, 11) is 0. The molecule has 0 fully saturated rings. The predicted octanol–water partition coefficient (Wildman–Crippen LogP) is 6.16. The summed E-state index contributed by atoms with van der Waals surface area (Å²) in [6, 6.07) is 11.6. The van der Waals surface area contributed by atoms with Gasteiger partial charge in [-0.05, 0) is 42.8 Å². The van der Waals surface area contributed by atoms with E-state index in [0.29, 0.717) is 28.9 Å². The second-order valence-corrected chi connectivity index (χ2v) is 6.34. The summed E-state index contributed by atoms with van der Waals surface area (Å²) in [4.78, 5) is 0. The summed E-state index contributed by atoms with van der Waals surface area (Å²) in [6.07, 6.45) is 0.929. The molecule has 1 N–H and O–H groups in total. The molecule has 0 aliphatic carbocycles. The Labute approximate surface area is 143 Å². The molecule has 0 aliphatic rings. The van der Waals surface area contributed by atoms with Gasteiger partial charge in [0.15, 0.2) is 0 Å². The number of hydrogen-bond donors (Lipinski definition) is 1. The molecule has 0 saturated heterocycles. The van der Waals surface area contributed by atoms with Crippen LogP contribution in [0, 0.1) is 0 Å². The van der Waals surface area contributed by atoms with Crippen LogP contribution < -0.4 is 10.1 Å². The first kappa shape index (κ1) is 16.5. The molecule has 0 amide bonds. The highest BCUT2D eigenvalue weighted by molar-refractivity contribution is 9.10. The molecule has 21 heavy (non-hydrogen) atoms.